The molecular weight excluding hydrogens is 911 g/mol. The molecular formula is C55H43IrN3O-2. The third-order valence-corrected chi connectivity index (χ3v) is 10.9. The first-order chi connectivity index (χ1) is 30.7. The van der Waals surface area contributed by atoms with Crippen molar-refractivity contribution in [2.24, 2.45) is 5.41 Å². The van der Waals surface area contributed by atoms with E-state index >= 15 is 0 Å². The molecule has 4 aromatic heterocycles. The molecule has 60 heavy (non-hydrogen) atoms. The van der Waals surface area contributed by atoms with Gasteiger partial charge in [0.15, 0.2) is 0 Å². The Bertz CT molecular complexity index is 3400. The summed E-state index contributed by atoms with van der Waals surface area (Å²) in [4.78, 5) is 9.22. The molecule has 5 heteroatoms. The molecule has 0 fully saturated rings. The molecule has 10 aromatic rings. The molecule has 0 spiro atoms. The van der Waals surface area contributed by atoms with Crippen molar-refractivity contribution in [3.8, 4) is 61.8 Å². The topological polar surface area (TPSA) is 43.9 Å². The van der Waals surface area contributed by atoms with Gasteiger partial charge in [0, 0.05) is 72.6 Å². The van der Waals surface area contributed by atoms with Gasteiger partial charge >= 0.3 is 0 Å². The molecule has 1 radical (unpaired) electrons. The van der Waals surface area contributed by atoms with E-state index < -0.39 is 18.6 Å². The average Bonchev–Trinajstić information content (AvgIpc) is 3.79. The predicted octanol–water partition coefficient (Wildman–Crippen LogP) is 14.5. The smallest absolute Gasteiger partial charge is 0.123 e. The number of benzene rings is 6. The fourth-order valence-electron chi connectivity index (χ4n) is 8.41. The van der Waals surface area contributed by atoms with E-state index in [1.807, 2.05) is 48.7 Å². The summed E-state index contributed by atoms with van der Waals surface area (Å²) in [5, 5.41) is 3.36. The van der Waals surface area contributed by atoms with Crippen LogP contribution in [0.3, 0.4) is 0 Å². The van der Waals surface area contributed by atoms with Crippen LogP contribution in [0.4, 0.5) is 0 Å². The van der Waals surface area contributed by atoms with Gasteiger partial charge in [-0.1, -0.05) is 134 Å². The summed E-state index contributed by atoms with van der Waals surface area (Å²) < 4.78 is 49.1. The molecule has 0 aliphatic carbocycles. The Balaban J connectivity index is 0.000000191. The van der Waals surface area contributed by atoms with Crippen LogP contribution < -0.4 is 0 Å². The van der Waals surface area contributed by atoms with Crippen LogP contribution in [-0.2, 0) is 26.5 Å². The van der Waals surface area contributed by atoms with Gasteiger partial charge < -0.3 is 19.0 Å². The number of furan rings is 1. The number of pyridine rings is 2. The van der Waals surface area contributed by atoms with Crippen molar-refractivity contribution >= 4 is 32.8 Å². The normalized spacial score (nSPS) is 13.4. The summed E-state index contributed by atoms with van der Waals surface area (Å²) in [5.74, 6) is 0.887. The van der Waals surface area contributed by atoms with Gasteiger partial charge in [0.05, 0.1) is 16.8 Å². The molecule has 0 amide bonds. The van der Waals surface area contributed by atoms with E-state index in [-0.39, 0.29) is 31.2 Å². The van der Waals surface area contributed by atoms with Crippen molar-refractivity contribution < 1.29 is 31.4 Å². The third-order valence-electron chi connectivity index (χ3n) is 10.9. The average molecular weight is 959 g/mol. The molecule has 295 valence electrons. The molecule has 0 N–H and O–H groups in total. The minimum Gasteiger partial charge on any atom is -0.500 e. The zero-order valence-electron chi connectivity index (χ0n) is 38.6. The molecule has 1 aliphatic heterocycles. The minimum atomic E-state index is -2.42. The Hall–Kier alpha value is -6.39. The van der Waals surface area contributed by atoms with Crippen LogP contribution >= 0.6 is 0 Å². The number of rotatable bonds is 4. The second-order valence-electron chi connectivity index (χ2n) is 15.9. The molecule has 0 saturated heterocycles. The Kier molecular flexibility index (Phi) is 8.73. The fourth-order valence-corrected chi connectivity index (χ4v) is 8.41. The fraction of sp³-hybridized carbons (Fsp3) is 0.127. The maximum atomic E-state index is 8.48. The van der Waals surface area contributed by atoms with Crippen molar-refractivity contribution in [3.05, 3.63) is 187 Å². The summed E-state index contributed by atoms with van der Waals surface area (Å²) in [6.07, 6.45) is 1.37. The Labute approximate surface area is 372 Å². The summed E-state index contributed by atoms with van der Waals surface area (Å²) in [6.45, 7) is 4.98. The Morgan fingerprint density at radius 3 is 2.23 bits per heavy atom. The second kappa shape index (κ2) is 15.7. The number of aromatic nitrogens is 3. The predicted molar refractivity (Wildman–Crippen MR) is 244 cm³/mol. The van der Waals surface area contributed by atoms with Gasteiger partial charge in [-0.15, -0.1) is 54.1 Å². The van der Waals surface area contributed by atoms with Crippen LogP contribution in [0, 0.1) is 31.3 Å². The van der Waals surface area contributed by atoms with Gasteiger partial charge in [0.25, 0.3) is 0 Å². The summed E-state index contributed by atoms with van der Waals surface area (Å²) >= 11 is 0. The Morgan fingerprint density at radius 2 is 1.47 bits per heavy atom. The van der Waals surface area contributed by atoms with Crippen LogP contribution in [0.1, 0.15) is 44.3 Å². The van der Waals surface area contributed by atoms with Gasteiger partial charge in [0.2, 0.25) is 0 Å². The van der Waals surface area contributed by atoms with Crippen molar-refractivity contribution in [1.82, 2.24) is 14.5 Å². The summed E-state index contributed by atoms with van der Waals surface area (Å²) in [5.41, 5.74) is 13.8. The monoisotopic (exact) mass is 959 g/mol. The summed E-state index contributed by atoms with van der Waals surface area (Å²) in [6, 6.07) is 55.9. The summed E-state index contributed by atoms with van der Waals surface area (Å²) in [7, 11) is 0. The van der Waals surface area contributed by atoms with Gasteiger partial charge in [-0.2, -0.15) is 0 Å². The molecule has 0 bridgehead atoms. The third kappa shape index (κ3) is 6.78. The maximum Gasteiger partial charge on any atom is 0.123 e. The largest absolute Gasteiger partial charge is 0.500 e. The van der Waals surface area contributed by atoms with E-state index in [0.29, 0.717) is 11.3 Å². The van der Waals surface area contributed by atoms with Crippen LogP contribution in [0.5, 0.6) is 0 Å². The van der Waals surface area contributed by atoms with Gasteiger partial charge in [-0.3, -0.25) is 0 Å². The number of hydrogen-bond acceptors (Lipinski definition) is 3. The van der Waals surface area contributed by atoms with Crippen molar-refractivity contribution in [3.63, 3.8) is 0 Å². The van der Waals surface area contributed by atoms with Crippen LogP contribution in [-0.4, -0.2) is 14.5 Å². The number of nitrogens with zero attached hydrogens (tertiary/aromatic N) is 3. The van der Waals surface area contributed by atoms with Crippen molar-refractivity contribution in [2.75, 3.05) is 0 Å². The van der Waals surface area contributed by atoms with E-state index in [9.17, 15) is 0 Å². The van der Waals surface area contributed by atoms with Gasteiger partial charge in [-0.05, 0) is 71.0 Å². The molecule has 11 rings (SSSR count). The SMILES string of the molecule is Cc1c(-c2ccccc2)oc2c(-c3nccc4c3c3cccc5c3n4-c3ccccc3-c3ccccc3-5)[c-]ccc12.[2H]C([2H])([2H])c1cnc(-c2[c-]cccc2)cc1C([2H])([2H])C(C)(C)C.[Ir]. The van der Waals surface area contributed by atoms with Gasteiger partial charge in [-0.25, -0.2) is 0 Å². The zero-order valence-corrected chi connectivity index (χ0v) is 36.0. The zero-order chi connectivity index (χ0) is 44.5. The standard InChI is InChI=1S/C38H23N2O.C17H20N.Ir/c1-23-25-16-9-19-31(38(25)41-37(23)24-11-3-2-4-12-24)35-34-30-18-10-17-29-27-14-6-5-13-26(27)28-15-7-8-20-32(28)40(36(29)30)33(34)21-22-39-35;1-13-12-18-16(14-8-6-5-7-9-14)10-15(13)11-17(2,3)4;/h2-18,20-22H,1H3;5-8,10,12H,11H2,1-4H3;/q2*-1;/i;1D3,11D2;. The van der Waals surface area contributed by atoms with E-state index in [4.69, 9.17) is 16.3 Å². The van der Waals surface area contributed by atoms with Crippen LogP contribution in [0.25, 0.3) is 94.6 Å². The molecule has 6 aromatic carbocycles. The first-order valence-electron chi connectivity index (χ1n) is 22.3. The minimum absolute atomic E-state index is 0. The Morgan fingerprint density at radius 1 is 0.733 bits per heavy atom. The van der Waals surface area contributed by atoms with E-state index in [2.05, 4.69) is 120 Å². The molecule has 4 nitrogen and oxygen atoms in total. The van der Waals surface area contributed by atoms with Gasteiger partial charge in [0.1, 0.15) is 5.76 Å². The van der Waals surface area contributed by atoms with Crippen molar-refractivity contribution in [2.45, 2.75) is 40.9 Å². The van der Waals surface area contributed by atoms with E-state index in [0.717, 1.165) is 50.0 Å². The first kappa shape index (κ1) is 33.4. The molecule has 5 heterocycles. The molecule has 1 aliphatic rings. The second-order valence-corrected chi connectivity index (χ2v) is 15.9. The van der Waals surface area contributed by atoms with Crippen molar-refractivity contribution in [1.29, 1.82) is 0 Å². The number of fused-ring (bicyclic) bond motifs is 9. The van der Waals surface area contributed by atoms with Crippen LogP contribution in [0.2, 0.25) is 0 Å². The van der Waals surface area contributed by atoms with E-state index in [1.165, 1.54) is 45.0 Å². The first-order valence-corrected chi connectivity index (χ1v) is 19.8. The maximum absolute atomic E-state index is 8.48. The number of aryl methyl sites for hydroxylation is 2. The molecule has 0 atom stereocenters. The van der Waals surface area contributed by atoms with Crippen LogP contribution in [0.15, 0.2) is 162 Å². The quantitative estimate of drug-likeness (QED) is 0.165. The van der Waals surface area contributed by atoms with E-state index in [1.54, 1.807) is 32.9 Å². The molecule has 0 saturated carbocycles. The number of para-hydroxylation sites is 2. The number of hydrogen-bond donors (Lipinski definition) is 0. The molecule has 0 unspecified atom stereocenters.